The van der Waals surface area contributed by atoms with Crippen molar-refractivity contribution in [3.63, 3.8) is 0 Å². The minimum Gasteiger partial charge on any atom is -0.477 e. The molecule has 0 spiro atoms. The Morgan fingerprint density at radius 2 is 1.85 bits per heavy atom. The standard InChI is InChI=1S/C13H8F3NO3/c14-7-3-6-9(18)4-8(13(19)20)17(5-1-2-5)12(6)11(16)10(7)15/h3-5H,1-2H2,(H,19,20). The van der Waals surface area contributed by atoms with Crippen LogP contribution >= 0.6 is 0 Å². The molecule has 1 saturated carbocycles. The maximum atomic E-state index is 14.0. The number of hydrogen-bond acceptors (Lipinski definition) is 2. The molecule has 1 aromatic carbocycles. The Balaban J connectivity index is 2.55. The predicted octanol–water partition coefficient (Wildman–Crippen LogP) is 2.45. The zero-order chi connectivity index (χ0) is 14.6. The minimum absolute atomic E-state index is 0.316. The highest BCUT2D eigenvalue weighted by atomic mass is 19.2. The first-order valence-electron chi connectivity index (χ1n) is 5.88. The molecule has 0 radical (unpaired) electrons. The number of fused-ring (bicyclic) bond motifs is 1. The number of aromatic nitrogens is 1. The summed E-state index contributed by atoms with van der Waals surface area (Å²) in [4.78, 5) is 22.9. The van der Waals surface area contributed by atoms with Crippen LogP contribution in [0.5, 0.6) is 0 Å². The van der Waals surface area contributed by atoms with E-state index in [4.69, 9.17) is 5.11 Å². The topological polar surface area (TPSA) is 59.3 Å². The molecule has 0 amide bonds. The van der Waals surface area contributed by atoms with E-state index >= 15 is 0 Å². The van der Waals surface area contributed by atoms with Gasteiger partial charge in [-0.2, -0.15) is 0 Å². The van der Waals surface area contributed by atoms with Crippen LogP contribution in [0.3, 0.4) is 0 Å². The summed E-state index contributed by atoms with van der Waals surface area (Å²) in [7, 11) is 0. The molecule has 2 aromatic rings. The van der Waals surface area contributed by atoms with E-state index in [1.165, 1.54) is 0 Å². The van der Waals surface area contributed by atoms with Gasteiger partial charge >= 0.3 is 5.97 Å². The van der Waals surface area contributed by atoms with Crippen LogP contribution in [0.25, 0.3) is 10.9 Å². The quantitative estimate of drug-likeness (QED) is 0.861. The van der Waals surface area contributed by atoms with Crippen molar-refractivity contribution in [2.24, 2.45) is 0 Å². The Hall–Kier alpha value is -2.31. The van der Waals surface area contributed by atoms with Gasteiger partial charge in [-0.3, -0.25) is 4.79 Å². The number of aromatic carboxylic acids is 1. The molecule has 0 bridgehead atoms. The number of hydrogen-bond donors (Lipinski definition) is 1. The molecule has 1 aromatic heterocycles. The fraction of sp³-hybridized carbons (Fsp3) is 0.231. The number of halogens is 3. The molecule has 1 heterocycles. The number of rotatable bonds is 2. The van der Waals surface area contributed by atoms with E-state index in [2.05, 4.69) is 0 Å². The maximum Gasteiger partial charge on any atom is 0.352 e. The number of carbonyl (C=O) groups is 1. The van der Waals surface area contributed by atoms with Crippen LogP contribution in [0.1, 0.15) is 29.4 Å². The van der Waals surface area contributed by atoms with E-state index in [-0.39, 0.29) is 11.4 Å². The van der Waals surface area contributed by atoms with Gasteiger partial charge in [0, 0.05) is 12.1 Å². The molecule has 7 heteroatoms. The highest BCUT2D eigenvalue weighted by Crippen LogP contribution is 2.39. The van der Waals surface area contributed by atoms with Crippen LogP contribution in [0, 0.1) is 17.5 Å². The Morgan fingerprint density at radius 3 is 2.40 bits per heavy atom. The van der Waals surface area contributed by atoms with Crippen LogP contribution in [-0.2, 0) is 0 Å². The van der Waals surface area contributed by atoms with Crippen molar-refractivity contribution in [2.75, 3.05) is 0 Å². The zero-order valence-electron chi connectivity index (χ0n) is 9.99. The molecule has 20 heavy (non-hydrogen) atoms. The third kappa shape index (κ3) is 1.70. The first-order valence-corrected chi connectivity index (χ1v) is 5.88. The highest BCUT2D eigenvalue weighted by molar-refractivity contribution is 5.91. The van der Waals surface area contributed by atoms with Crippen molar-refractivity contribution in [1.29, 1.82) is 0 Å². The normalized spacial score (nSPS) is 14.8. The van der Waals surface area contributed by atoms with Gasteiger partial charge in [0.15, 0.2) is 22.9 Å². The van der Waals surface area contributed by atoms with Gasteiger partial charge in [0.25, 0.3) is 0 Å². The highest BCUT2D eigenvalue weighted by Gasteiger charge is 2.31. The van der Waals surface area contributed by atoms with Crippen molar-refractivity contribution in [3.05, 3.63) is 45.5 Å². The molecule has 4 nitrogen and oxygen atoms in total. The third-order valence-electron chi connectivity index (χ3n) is 3.30. The molecular weight excluding hydrogens is 275 g/mol. The summed E-state index contributed by atoms with van der Waals surface area (Å²) in [5.74, 6) is -6.14. The number of nitrogens with zero attached hydrogens (tertiary/aromatic N) is 1. The average Bonchev–Trinajstić information content (AvgIpc) is 3.21. The van der Waals surface area contributed by atoms with E-state index in [1.54, 1.807) is 0 Å². The van der Waals surface area contributed by atoms with Gasteiger partial charge in [0.1, 0.15) is 5.69 Å². The Labute approximate surface area is 110 Å². The predicted molar refractivity (Wildman–Crippen MR) is 63.3 cm³/mol. The fourth-order valence-electron chi connectivity index (χ4n) is 2.28. The number of carboxylic acids is 1. The van der Waals surface area contributed by atoms with Gasteiger partial charge in [0.05, 0.1) is 10.9 Å². The maximum absolute atomic E-state index is 14.0. The average molecular weight is 283 g/mol. The fourth-order valence-corrected chi connectivity index (χ4v) is 2.28. The molecule has 1 fully saturated rings. The molecule has 0 saturated heterocycles. The lowest BCUT2D eigenvalue weighted by Gasteiger charge is -2.14. The van der Waals surface area contributed by atoms with Crippen LogP contribution < -0.4 is 5.43 Å². The second-order valence-corrected chi connectivity index (χ2v) is 4.68. The minimum atomic E-state index is -1.71. The summed E-state index contributed by atoms with van der Waals surface area (Å²) in [5, 5.41) is 8.73. The lowest BCUT2D eigenvalue weighted by molar-refractivity contribution is 0.0684. The van der Waals surface area contributed by atoms with Gasteiger partial charge in [-0.15, -0.1) is 0 Å². The van der Waals surface area contributed by atoms with Gasteiger partial charge in [0.2, 0.25) is 0 Å². The molecule has 0 aliphatic heterocycles. The molecule has 104 valence electrons. The van der Waals surface area contributed by atoms with Crippen molar-refractivity contribution in [1.82, 2.24) is 4.57 Å². The van der Waals surface area contributed by atoms with Crippen molar-refractivity contribution in [3.8, 4) is 0 Å². The molecule has 0 atom stereocenters. The van der Waals surface area contributed by atoms with Crippen molar-refractivity contribution < 1.29 is 23.1 Å². The summed E-state index contributed by atoms with van der Waals surface area (Å²) in [6, 6.07) is 1.09. The van der Waals surface area contributed by atoms with E-state index in [1.807, 2.05) is 0 Å². The lowest BCUT2D eigenvalue weighted by atomic mass is 10.1. The smallest absolute Gasteiger partial charge is 0.352 e. The molecular formula is C13H8F3NO3. The van der Waals surface area contributed by atoms with Crippen LogP contribution in [-0.4, -0.2) is 15.6 Å². The molecule has 1 aliphatic rings. The summed E-state index contributed by atoms with van der Waals surface area (Å²) < 4.78 is 41.6. The third-order valence-corrected chi connectivity index (χ3v) is 3.30. The van der Waals surface area contributed by atoms with Crippen molar-refractivity contribution in [2.45, 2.75) is 18.9 Å². The molecule has 1 aliphatic carbocycles. The summed E-state index contributed by atoms with van der Waals surface area (Å²) in [6.45, 7) is 0. The van der Waals surface area contributed by atoms with Crippen LogP contribution in [0.2, 0.25) is 0 Å². The van der Waals surface area contributed by atoms with E-state index in [0.717, 1.165) is 10.6 Å². The Kier molecular flexibility index (Phi) is 2.60. The van der Waals surface area contributed by atoms with E-state index in [0.29, 0.717) is 18.9 Å². The largest absolute Gasteiger partial charge is 0.477 e. The Bertz CT molecular complexity index is 809. The second kappa shape index (κ2) is 4.09. The van der Waals surface area contributed by atoms with E-state index < -0.39 is 40.1 Å². The molecule has 1 N–H and O–H groups in total. The number of pyridine rings is 1. The number of benzene rings is 1. The van der Waals surface area contributed by atoms with Gasteiger partial charge < -0.3 is 9.67 Å². The first kappa shape index (κ1) is 12.7. The van der Waals surface area contributed by atoms with E-state index in [9.17, 15) is 22.8 Å². The lowest BCUT2D eigenvalue weighted by Crippen LogP contribution is -2.19. The van der Waals surface area contributed by atoms with Gasteiger partial charge in [-0.05, 0) is 18.9 Å². The monoisotopic (exact) mass is 283 g/mol. The summed E-state index contributed by atoms with van der Waals surface area (Å²) >= 11 is 0. The number of carboxylic acid groups (broad SMARTS) is 1. The van der Waals surface area contributed by atoms with Gasteiger partial charge in [-0.25, -0.2) is 18.0 Å². The summed E-state index contributed by atoms with van der Waals surface area (Å²) in [6.07, 6.45) is 1.19. The summed E-state index contributed by atoms with van der Waals surface area (Å²) in [5.41, 5.74) is -1.77. The SMILES string of the molecule is O=C(O)c1cc(=O)c2cc(F)c(F)c(F)c2n1C1CC1. The first-order chi connectivity index (χ1) is 9.41. The zero-order valence-corrected chi connectivity index (χ0v) is 9.99. The second-order valence-electron chi connectivity index (χ2n) is 4.68. The molecule has 0 unspecified atom stereocenters. The van der Waals surface area contributed by atoms with Crippen LogP contribution in [0.4, 0.5) is 13.2 Å². The van der Waals surface area contributed by atoms with Gasteiger partial charge in [-0.1, -0.05) is 0 Å². The van der Waals surface area contributed by atoms with Crippen LogP contribution in [0.15, 0.2) is 16.9 Å². The molecule has 3 rings (SSSR count). The Morgan fingerprint density at radius 1 is 1.20 bits per heavy atom. The van der Waals surface area contributed by atoms with Crippen molar-refractivity contribution >= 4 is 16.9 Å².